The van der Waals surface area contributed by atoms with Crippen LogP contribution in [0.25, 0.3) is 0 Å². The van der Waals surface area contributed by atoms with E-state index in [1.807, 2.05) is 0 Å². The van der Waals surface area contributed by atoms with Gasteiger partial charge in [0.05, 0.1) is 12.9 Å². The van der Waals surface area contributed by atoms with Crippen molar-refractivity contribution in [3.63, 3.8) is 0 Å². The second kappa shape index (κ2) is 5.97. The smallest absolute Gasteiger partial charge is 0.273 e. The highest BCUT2D eigenvalue weighted by molar-refractivity contribution is 5.91. The standard InChI is InChI=1S/C11H15N5O2/c1-12-5-10-16-9(6-18-10)11(17)14-3-2-8-4-13-7-15-8/h4,6-7,12H,2-3,5H2,1H3,(H,13,15)(H,14,17). The zero-order chi connectivity index (χ0) is 12.8. The maximum Gasteiger partial charge on any atom is 0.273 e. The minimum atomic E-state index is -0.236. The van der Waals surface area contributed by atoms with Crippen molar-refractivity contribution >= 4 is 5.91 Å². The van der Waals surface area contributed by atoms with Crippen molar-refractivity contribution < 1.29 is 9.21 Å². The SMILES string of the molecule is CNCc1nc(C(=O)NCCc2cnc[nH]2)co1. The number of amides is 1. The number of oxazole rings is 1. The summed E-state index contributed by atoms with van der Waals surface area (Å²) in [5.41, 5.74) is 1.27. The highest BCUT2D eigenvalue weighted by Gasteiger charge is 2.11. The average molecular weight is 249 g/mol. The number of hydrogen-bond acceptors (Lipinski definition) is 5. The normalized spacial score (nSPS) is 10.5. The van der Waals surface area contributed by atoms with Gasteiger partial charge >= 0.3 is 0 Å². The molecule has 2 aromatic heterocycles. The number of nitrogens with one attached hydrogen (secondary N) is 3. The number of aromatic amines is 1. The Labute approximate surface area is 104 Å². The second-order valence-corrected chi connectivity index (χ2v) is 3.74. The first-order chi connectivity index (χ1) is 8.79. The molecule has 0 bridgehead atoms. The van der Waals surface area contributed by atoms with Crippen LogP contribution in [0.5, 0.6) is 0 Å². The molecule has 7 heteroatoms. The lowest BCUT2D eigenvalue weighted by molar-refractivity contribution is 0.0949. The average Bonchev–Trinajstić information content (AvgIpc) is 3.00. The van der Waals surface area contributed by atoms with Crippen LogP contribution in [-0.4, -0.2) is 34.5 Å². The van der Waals surface area contributed by atoms with Crippen LogP contribution in [0.2, 0.25) is 0 Å². The number of aromatic nitrogens is 3. The van der Waals surface area contributed by atoms with Crippen LogP contribution in [0.3, 0.4) is 0 Å². The van der Waals surface area contributed by atoms with E-state index in [-0.39, 0.29) is 5.91 Å². The summed E-state index contributed by atoms with van der Waals surface area (Å²) in [6.45, 7) is 1.02. The molecule has 7 nitrogen and oxygen atoms in total. The maximum absolute atomic E-state index is 11.7. The molecule has 0 aromatic carbocycles. The Morgan fingerprint density at radius 2 is 2.44 bits per heavy atom. The first kappa shape index (κ1) is 12.3. The Balaban J connectivity index is 1.80. The maximum atomic E-state index is 11.7. The Morgan fingerprint density at radius 3 is 3.17 bits per heavy atom. The Kier molecular flexibility index (Phi) is 4.08. The van der Waals surface area contributed by atoms with E-state index in [2.05, 4.69) is 25.6 Å². The van der Waals surface area contributed by atoms with E-state index in [0.29, 0.717) is 31.1 Å². The van der Waals surface area contributed by atoms with Gasteiger partial charge in [0.2, 0.25) is 5.89 Å². The van der Waals surface area contributed by atoms with Gasteiger partial charge in [0, 0.05) is 24.9 Å². The fourth-order valence-electron chi connectivity index (χ4n) is 1.47. The molecule has 0 radical (unpaired) electrons. The van der Waals surface area contributed by atoms with E-state index in [1.165, 1.54) is 6.26 Å². The van der Waals surface area contributed by atoms with Gasteiger partial charge in [-0.15, -0.1) is 0 Å². The molecule has 1 amide bonds. The predicted octanol–water partition coefficient (Wildman–Crippen LogP) is 0.0896. The molecule has 0 atom stereocenters. The lowest BCUT2D eigenvalue weighted by Gasteiger charge is -2.00. The fraction of sp³-hybridized carbons (Fsp3) is 0.364. The van der Waals surface area contributed by atoms with Gasteiger partial charge in [-0.2, -0.15) is 0 Å². The van der Waals surface area contributed by atoms with Crippen molar-refractivity contribution in [2.75, 3.05) is 13.6 Å². The van der Waals surface area contributed by atoms with Crippen molar-refractivity contribution in [3.8, 4) is 0 Å². The summed E-state index contributed by atoms with van der Waals surface area (Å²) >= 11 is 0. The third-order valence-corrected chi connectivity index (χ3v) is 2.35. The molecule has 96 valence electrons. The molecule has 0 fully saturated rings. The van der Waals surface area contributed by atoms with Gasteiger partial charge in [0.15, 0.2) is 5.69 Å². The summed E-state index contributed by atoms with van der Waals surface area (Å²) in [7, 11) is 1.79. The number of carbonyl (C=O) groups is 1. The molecule has 0 aliphatic heterocycles. The Bertz CT molecular complexity index is 491. The van der Waals surface area contributed by atoms with Gasteiger partial charge in [-0.25, -0.2) is 9.97 Å². The molecule has 0 saturated carbocycles. The van der Waals surface area contributed by atoms with Crippen LogP contribution in [0, 0.1) is 0 Å². The summed E-state index contributed by atoms with van der Waals surface area (Å²) in [6.07, 6.45) is 5.40. The van der Waals surface area contributed by atoms with Crippen molar-refractivity contribution in [1.82, 2.24) is 25.6 Å². The van der Waals surface area contributed by atoms with Crippen LogP contribution < -0.4 is 10.6 Å². The molecule has 0 spiro atoms. The first-order valence-electron chi connectivity index (χ1n) is 5.64. The van der Waals surface area contributed by atoms with Gasteiger partial charge in [-0.3, -0.25) is 4.79 Å². The van der Waals surface area contributed by atoms with Crippen LogP contribution in [0.15, 0.2) is 23.2 Å². The van der Waals surface area contributed by atoms with Gasteiger partial charge in [-0.05, 0) is 7.05 Å². The highest BCUT2D eigenvalue weighted by atomic mass is 16.3. The minimum Gasteiger partial charge on any atom is -0.447 e. The number of carbonyl (C=O) groups excluding carboxylic acids is 1. The number of rotatable bonds is 6. The lowest BCUT2D eigenvalue weighted by Crippen LogP contribution is -2.26. The minimum absolute atomic E-state index is 0.236. The van der Waals surface area contributed by atoms with Crippen LogP contribution in [0.4, 0.5) is 0 Å². The van der Waals surface area contributed by atoms with Crippen molar-refractivity contribution in [2.45, 2.75) is 13.0 Å². The van der Waals surface area contributed by atoms with Crippen LogP contribution >= 0.6 is 0 Å². The van der Waals surface area contributed by atoms with Gasteiger partial charge in [-0.1, -0.05) is 0 Å². The molecule has 0 aliphatic rings. The van der Waals surface area contributed by atoms with Gasteiger partial charge in [0.1, 0.15) is 6.26 Å². The zero-order valence-electron chi connectivity index (χ0n) is 10.1. The summed E-state index contributed by atoms with van der Waals surface area (Å²) < 4.78 is 5.13. The Hall–Kier alpha value is -2.15. The van der Waals surface area contributed by atoms with E-state index in [9.17, 15) is 4.79 Å². The first-order valence-corrected chi connectivity index (χ1v) is 5.64. The topological polar surface area (TPSA) is 95.8 Å². The molecule has 2 rings (SSSR count). The lowest BCUT2D eigenvalue weighted by atomic mass is 10.3. The number of nitrogens with zero attached hydrogens (tertiary/aromatic N) is 2. The monoisotopic (exact) mass is 249 g/mol. The largest absolute Gasteiger partial charge is 0.447 e. The molecular weight excluding hydrogens is 234 g/mol. The van der Waals surface area contributed by atoms with E-state index in [0.717, 1.165) is 5.69 Å². The van der Waals surface area contributed by atoms with Crippen LogP contribution in [0.1, 0.15) is 22.1 Å². The summed E-state index contributed by atoms with van der Waals surface area (Å²) in [5.74, 6) is 0.261. The zero-order valence-corrected chi connectivity index (χ0v) is 10.1. The number of hydrogen-bond donors (Lipinski definition) is 3. The Morgan fingerprint density at radius 1 is 1.56 bits per heavy atom. The quantitative estimate of drug-likeness (QED) is 0.674. The molecule has 0 aliphatic carbocycles. The van der Waals surface area contributed by atoms with Crippen molar-refractivity contribution in [1.29, 1.82) is 0 Å². The van der Waals surface area contributed by atoms with E-state index in [4.69, 9.17) is 4.42 Å². The molecule has 0 unspecified atom stereocenters. The molecule has 18 heavy (non-hydrogen) atoms. The van der Waals surface area contributed by atoms with Gasteiger partial charge in [0.25, 0.3) is 5.91 Å². The molecular formula is C11H15N5O2. The van der Waals surface area contributed by atoms with E-state index >= 15 is 0 Å². The van der Waals surface area contributed by atoms with Crippen molar-refractivity contribution in [3.05, 3.63) is 36.1 Å². The number of imidazole rings is 1. The predicted molar refractivity (Wildman–Crippen MR) is 63.9 cm³/mol. The van der Waals surface area contributed by atoms with Crippen molar-refractivity contribution in [2.24, 2.45) is 0 Å². The molecule has 2 aromatic rings. The summed E-state index contributed by atoms with van der Waals surface area (Å²) in [5, 5.41) is 5.66. The van der Waals surface area contributed by atoms with Crippen LogP contribution in [-0.2, 0) is 13.0 Å². The summed E-state index contributed by atoms with van der Waals surface area (Å²) in [6, 6.07) is 0. The summed E-state index contributed by atoms with van der Waals surface area (Å²) in [4.78, 5) is 22.6. The number of H-pyrrole nitrogens is 1. The highest BCUT2D eigenvalue weighted by Crippen LogP contribution is 2.01. The molecule has 3 N–H and O–H groups in total. The second-order valence-electron chi connectivity index (χ2n) is 3.74. The van der Waals surface area contributed by atoms with Gasteiger partial charge < -0.3 is 20.0 Å². The third kappa shape index (κ3) is 3.17. The fourth-order valence-corrected chi connectivity index (χ4v) is 1.47. The molecule has 2 heterocycles. The molecule has 0 saturated heterocycles. The third-order valence-electron chi connectivity index (χ3n) is 2.35. The van der Waals surface area contributed by atoms with E-state index < -0.39 is 0 Å². The van der Waals surface area contributed by atoms with E-state index in [1.54, 1.807) is 19.6 Å².